The molecule has 4 heteroatoms. The third-order valence-electron chi connectivity index (χ3n) is 2.56. The first kappa shape index (κ1) is 11.2. The summed E-state index contributed by atoms with van der Waals surface area (Å²) in [6.07, 6.45) is 1.26. The minimum absolute atomic E-state index is 0.421. The Morgan fingerprint density at radius 3 is 1.36 bits per heavy atom. The Balaban J connectivity index is 4.70. The van der Waals surface area contributed by atoms with E-state index in [1.807, 2.05) is 0 Å². The molecule has 0 bridgehead atoms. The molecule has 0 amide bonds. The molecule has 0 aliphatic rings. The molecule has 0 rings (SSSR count). The average molecular weight is 178 g/mol. The molecule has 0 saturated carbocycles. The first-order valence-electron chi connectivity index (χ1n) is 3.95. The van der Waals surface area contributed by atoms with Crippen LogP contribution >= 0.6 is 7.60 Å². The lowest BCUT2D eigenvalue weighted by atomic mass is 9.99. The van der Waals surface area contributed by atoms with E-state index in [9.17, 15) is 14.4 Å². The normalized spacial score (nSPS) is 13.5. The van der Waals surface area contributed by atoms with Crippen molar-refractivity contribution < 1.29 is 14.4 Å². The van der Waals surface area contributed by atoms with E-state index in [1.165, 1.54) is 0 Å². The maximum atomic E-state index is 10.8. The van der Waals surface area contributed by atoms with Gasteiger partial charge in [0.25, 0.3) is 0 Å². The lowest BCUT2D eigenvalue weighted by Gasteiger charge is -2.48. The third kappa shape index (κ3) is 2.05. The molecule has 0 aliphatic carbocycles. The van der Waals surface area contributed by atoms with Gasteiger partial charge in [0, 0.05) is 0 Å². The van der Waals surface area contributed by atoms with Gasteiger partial charge in [-0.15, -0.1) is 0 Å². The number of hydrogen-bond donors (Lipinski definition) is 0. The van der Waals surface area contributed by atoms with Gasteiger partial charge in [-0.25, -0.2) is 0 Å². The van der Waals surface area contributed by atoms with Gasteiger partial charge in [0.05, 0.1) is 0 Å². The topological polar surface area (TPSA) is 63.2 Å². The van der Waals surface area contributed by atoms with Crippen molar-refractivity contribution in [1.82, 2.24) is 0 Å². The second kappa shape index (κ2) is 3.70. The second-order valence-corrected chi connectivity index (χ2v) is 4.73. The molecule has 0 radical (unpaired) electrons. The van der Waals surface area contributed by atoms with Gasteiger partial charge >= 0.3 is 0 Å². The van der Waals surface area contributed by atoms with E-state index in [4.69, 9.17) is 0 Å². The van der Waals surface area contributed by atoms with Crippen molar-refractivity contribution in [2.75, 3.05) is 0 Å². The Morgan fingerprint density at radius 1 is 1.09 bits per heavy atom. The second-order valence-electron chi connectivity index (χ2n) is 2.78. The fourth-order valence-electron chi connectivity index (χ4n) is 1.33. The van der Waals surface area contributed by atoms with Gasteiger partial charge < -0.3 is 14.4 Å². The average Bonchev–Trinajstić information content (AvgIpc) is 1.90. The number of hydrogen-bond acceptors (Lipinski definition) is 3. The van der Waals surface area contributed by atoms with Crippen LogP contribution in [0.5, 0.6) is 0 Å². The van der Waals surface area contributed by atoms with Crippen LogP contribution in [0, 0.1) is 0 Å². The maximum Gasteiger partial charge on any atom is -0.00275 e. The fourth-order valence-corrected chi connectivity index (χ4v) is 2.49. The Bertz CT molecular complexity index is 149. The van der Waals surface area contributed by atoms with Crippen LogP contribution in [0.1, 0.15) is 40.0 Å². The van der Waals surface area contributed by atoms with Crippen molar-refractivity contribution in [2.24, 2.45) is 0 Å². The van der Waals surface area contributed by atoms with Crippen LogP contribution in [0.15, 0.2) is 0 Å². The Morgan fingerprint density at radius 2 is 1.36 bits per heavy atom. The molecule has 0 aromatic rings. The van der Waals surface area contributed by atoms with E-state index in [1.54, 1.807) is 20.8 Å². The highest BCUT2D eigenvalue weighted by Gasteiger charge is 2.27. The summed E-state index contributed by atoms with van der Waals surface area (Å²) in [5.74, 6) is 0. The van der Waals surface area contributed by atoms with Gasteiger partial charge in [-0.3, -0.25) is 0 Å². The fraction of sp³-hybridized carbons (Fsp3) is 1.00. The van der Waals surface area contributed by atoms with E-state index in [0.717, 1.165) is 0 Å². The maximum absolute atomic E-state index is 10.8. The van der Waals surface area contributed by atoms with E-state index < -0.39 is 12.8 Å². The lowest BCUT2D eigenvalue weighted by molar-refractivity contribution is -0.321. The summed E-state index contributed by atoms with van der Waals surface area (Å²) >= 11 is 0. The van der Waals surface area contributed by atoms with Crippen molar-refractivity contribution >= 4 is 7.60 Å². The molecular weight excluding hydrogens is 163 g/mol. The molecule has 0 fully saturated rings. The Hall–Kier alpha value is 0.150. The highest BCUT2D eigenvalue weighted by atomic mass is 31.2. The minimum atomic E-state index is -4.41. The van der Waals surface area contributed by atoms with Crippen LogP contribution in [-0.2, 0) is 4.57 Å². The quantitative estimate of drug-likeness (QED) is 0.600. The van der Waals surface area contributed by atoms with Gasteiger partial charge in [0.15, 0.2) is 0 Å². The smallest absolute Gasteiger partial charge is 0.00275 e. The molecule has 0 heterocycles. The van der Waals surface area contributed by atoms with Crippen LogP contribution < -0.4 is 9.79 Å². The molecule has 0 aromatic heterocycles. The number of rotatable bonds is 4. The summed E-state index contributed by atoms with van der Waals surface area (Å²) < 4.78 is 10.8. The molecule has 0 unspecified atom stereocenters. The summed E-state index contributed by atoms with van der Waals surface area (Å²) in [5.41, 5.74) is 0. The third-order valence-corrected chi connectivity index (χ3v) is 4.67. The van der Waals surface area contributed by atoms with Gasteiger partial charge in [-0.1, -0.05) is 28.4 Å². The van der Waals surface area contributed by atoms with Crippen LogP contribution in [0.2, 0.25) is 0 Å². The molecule has 0 saturated heterocycles. The summed E-state index contributed by atoms with van der Waals surface area (Å²) in [6, 6.07) is 0. The van der Waals surface area contributed by atoms with Crippen molar-refractivity contribution in [1.29, 1.82) is 0 Å². The van der Waals surface area contributed by atoms with Crippen molar-refractivity contribution in [3.63, 3.8) is 0 Å². The molecule has 0 spiro atoms. The largest absolute Gasteiger partial charge is 0.810 e. The Kier molecular flexibility index (Phi) is 3.75. The van der Waals surface area contributed by atoms with E-state index >= 15 is 0 Å². The molecular formula is C7H15O3P-2. The van der Waals surface area contributed by atoms with E-state index in [-0.39, 0.29) is 0 Å². The predicted molar refractivity (Wildman–Crippen MR) is 41.2 cm³/mol. The molecule has 0 atom stereocenters. The summed E-state index contributed by atoms with van der Waals surface area (Å²) in [5, 5.41) is -0.993. The zero-order chi connectivity index (χ0) is 9.12. The molecule has 0 aromatic carbocycles. The molecule has 3 nitrogen and oxygen atoms in total. The predicted octanol–water partition coefficient (Wildman–Crippen LogP) is 0.869. The van der Waals surface area contributed by atoms with Gasteiger partial charge in [-0.2, -0.15) is 0 Å². The summed E-state index contributed by atoms with van der Waals surface area (Å²) in [4.78, 5) is 21.6. The van der Waals surface area contributed by atoms with Crippen LogP contribution in [-0.4, -0.2) is 5.16 Å². The molecule has 0 aliphatic heterocycles. The first-order chi connectivity index (χ1) is 4.93. The van der Waals surface area contributed by atoms with Gasteiger partial charge in [-0.05, 0) is 24.4 Å². The van der Waals surface area contributed by atoms with Crippen LogP contribution in [0.3, 0.4) is 0 Å². The van der Waals surface area contributed by atoms with Gasteiger partial charge in [0.1, 0.15) is 0 Å². The van der Waals surface area contributed by atoms with E-state index in [0.29, 0.717) is 19.3 Å². The van der Waals surface area contributed by atoms with Crippen LogP contribution in [0.4, 0.5) is 0 Å². The summed E-state index contributed by atoms with van der Waals surface area (Å²) in [6.45, 7) is 5.24. The van der Waals surface area contributed by atoms with Crippen molar-refractivity contribution in [3.8, 4) is 0 Å². The van der Waals surface area contributed by atoms with Crippen molar-refractivity contribution in [2.45, 2.75) is 45.2 Å². The highest BCUT2D eigenvalue weighted by molar-refractivity contribution is 7.50. The van der Waals surface area contributed by atoms with Gasteiger partial charge in [0.2, 0.25) is 0 Å². The zero-order valence-corrected chi connectivity index (χ0v) is 8.19. The SMILES string of the molecule is CCC(CC)(CC)P(=O)([O-])[O-]. The summed E-state index contributed by atoms with van der Waals surface area (Å²) in [7, 11) is -4.41. The van der Waals surface area contributed by atoms with E-state index in [2.05, 4.69) is 0 Å². The highest BCUT2D eigenvalue weighted by Crippen LogP contribution is 2.49. The zero-order valence-electron chi connectivity index (χ0n) is 7.29. The standard InChI is InChI=1S/C7H17O3P/c1-4-7(5-2,6-3)11(8,9)10/h4-6H2,1-3H3,(H2,8,9,10)/p-2. The molecule has 0 N–H and O–H groups in total. The Labute approximate surface area is 68.0 Å². The first-order valence-corrected chi connectivity index (χ1v) is 5.50. The van der Waals surface area contributed by atoms with Crippen LogP contribution in [0.25, 0.3) is 0 Å². The molecule has 68 valence electrons. The van der Waals surface area contributed by atoms with Crippen molar-refractivity contribution in [3.05, 3.63) is 0 Å². The monoisotopic (exact) mass is 178 g/mol. The minimum Gasteiger partial charge on any atom is -0.810 e. The lowest BCUT2D eigenvalue weighted by Crippen LogP contribution is -2.37. The molecule has 11 heavy (non-hydrogen) atoms.